The molecular weight excluding hydrogens is 508 g/mol. The van der Waals surface area contributed by atoms with Gasteiger partial charge in [-0.05, 0) is 60.4 Å². The number of unbranched alkanes of at least 4 members (excludes halogenated alkanes) is 3. The Hall–Kier alpha value is -2.18. The van der Waals surface area contributed by atoms with E-state index in [1.807, 2.05) is 48.5 Å². The van der Waals surface area contributed by atoms with E-state index in [1.165, 1.54) is 0 Å². The Kier molecular flexibility index (Phi) is 11.2. The smallest absolute Gasteiger partial charge is 0.243 e. The third-order valence-corrected chi connectivity index (χ3v) is 5.35. The van der Waals surface area contributed by atoms with Crippen LogP contribution in [0.25, 0.3) is 12.2 Å². The Balaban J connectivity index is 1.48. The number of carbonyl (C=O) groups excluding carboxylic acids is 2. The summed E-state index contributed by atoms with van der Waals surface area (Å²) in [6, 6.07) is 15.6. The van der Waals surface area contributed by atoms with E-state index in [9.17, 15) is 9.59 Å². The maximum atomic E-state index is 11.8. The Morgan fingerprint density at radius 3 is 1.37 bits per heavy atom. The van der Waals surface area contributed by atoms with E-state index in [4.69, 9.17) is 0 Å². The molecule has 0 saturated heterocycles. The predicted octanol–water partition coefficient (Wildman–Crippen LogP) is 5.73. The number of hydrogen-bond donors (Lipinski definition) is 2. The summed E-state index contributed by atoms with van der Waals surface area (Å²) in [5.41, 5.74) is 1.98. The van der Waals surface area contributed by atoms with Crippen LogP contribution in [0.2, 0.25) is 0 Å². The van der Waals surface area contributed by atoms with Gasteiger partial charge in [0.05, 0.1) is 0 Å². The van der Waals surface area contributed by atoms with Crippen molar-refractivity contribution in [3.8, 4) is 0 Å². The molecule has 0 aliphatic heterocycles. The van der Waals surface area contributed by atoms with Crippen molar-refractivity contribution in [3.63, 3.8) is 0 Å². The van der Waals surface area contributed by atoms with Crippen molar-refractivity contribution in [1.82, 2.24) is 10.6 Å². The highest BCUT2D eigenvalue weighted by molar-refractivity contribution is 9.10. The minimum Gasteiger partial charge on any atom is -0.353 e. The molecule has 2 N–H and O–H groups in total. The number of benzene rings is 2. The Morgan fingerprint density at radius 1 is 0.633 bits per heavy atom. The maximum Gasteiger partial charge on any atom is 0.243 e. The normalized spacial score (nSPS) is 11.1. The van der Waals surface area contributed by atoms with Gasteiger partial charge in [0.15, 0.2) is 0 Å². The zero-order valence-electron chi connectivity index (χ0n) is 16.7. The zero-order chi connectivity index (χ0) is 21.6. The molecule has 0 radical (unpaired) electrons. The number of nitrogens with one attached hydrogen (secondary N) is 2. The topological polar surface area (TPSA) is 58.2 Å². The van der Waals surface area contributed by atoms with E-state index < -0.39 is 0 Å². The molecule has 0 saturated carbocycles. The van der Waals surface area contributed by atoms with Crippen LogP contribution in [0.3, 0.4) is 0 Å². The average molecular weight is 534 g/mol. The molecule has 2 amide bonds. The molecule has 2 rings (SSSR count). The van der Waals surface area contributed by atoms with Crippen molar-refractivity contribution >= 4 is 55.8 Å². The standard InChI is InChI=1S/C24H26Br2N2O2/c25-21-11-5-19(6-12-21)9-15-23(29)27-17-3-1-2-4-18-28-24(30)16-10-20-7-13-22(26)14-8-20/h5-16H,1-4,17-18H2,(H,27,29)(H,28,30)/b15-9+,16-10+. The van der Waals surface area contributed by atoms with Gasteiger partial charge >= 0.3 is 0 Å². The van der Waals surface area contributed by atoms with Gasteiger partial charge < -0.3 is 10.6 Å². The minimum atomic E-state index is -0.0808. The fraction of sp³-hybridized carbons (Fsp3) is 0.250. The lowest BCUT2D eigenvalue weighted by Gasteiger charge is -2.04. The largest absolute Gasteiger partial charge is 0.353 e. The lowest BCUT2D eigenvalue weighted by molar-refractivity contribution is -0.117. The number of halogens is 2. The van der Waals surface area contributed by atoms with Gasteiger partial charge in [-0.25, -0.2) is 0 Å². The van der Waals surface area contributed by atoms with Crippen LogP contribution in [-0.2, 0) is 9.59 Å². The Bertz CT molecular complexity index is 786. The lowest BCUT2D eigenvalue weighted by Crippen LogP contribution is -2.23. The van der Waals surface area contributed by atoms with Crippen LogP contribution in [0.5, 0.6) is 0 Å². The van der Waals surface area contributed by atoms with E-state index in [-0.39, 0.29) is 11.8 Å². The van der Waals surface area contributed by atoms with Crippen LogP contribution in [0.1, 0.15) is 36.8 Å². The van der Waals surface area contributed by atoms with Gasteiger partial charge in [-0.1, -0.05) is 69.0 Å². The Labute approximate surface area is 195 Å². The van der Waals surface area contributed by atoms with Gasteiger partial charge in [0.1, 0.15) is 0 Å². The molecular formula is C24H26Br2N2O2. The monoisotopic (exact) mass is 532 g/mol. The van der Waals surface area contributed by atoms with Crippen LogP contribution in [0.15, 0.2) is 69.6 Å². The summed E-state index contributed by atoms with van der Waals surface area (Å²) >= 11 is 6.77. The summed E-state index contributed by atoms with van der Waals surface area (Å²) in [5, 5.41) is 5.78. The van der Waals surface area contributed by atoms with Gasteiger partial charge in [0, 0.05) is 34.2 Å². The fourth-order valence-electron chi connectivity index (χ4n) is 2.64. The SMILES string of the molecule is O=C(/C=C/c1ccc(Br)cc1)NCCCCCCNC(=O)/C=C/c1ccc(Br)cc1. The third kappa shape index (κ3) is 10.6. The molecule has 0 fully saturated rings. The summed E-state index contributed by atoms with van der Waals surface area (Å²) in [5.74, 6) is -0.162. The molecule has 2 aromatic rings. The molecule has 0 aliphatic rings. The molecule has 0 aliphatic carbocycles. The minimum absolute atomic E-state index is 0.0808. The van der Waals surface area contributed by atoms with Crippen molar-refractivity contribution in [2.45, 2.75) is 25.7 Å². The van der Waals surface area contributed by atoms with E-state index in [2.05, 4.69) is 42.5 Å². The van der Waals surface area contributed by atoms with Crippen molar-refractivity contribution < 1.29 is 9.59 Å². The first-order chi connectivity index (χ1) is 14.5. The Morgan fingerprint density at radius 2 is 1.00 bits per heavy atom. The second-order valence-electron chi connectivity index (χ2n) is 6.77. The molecule has 158 valence electrons. The second kappa shape index (κ2) is 13.9. The van der Waals surface area contributed by atoms with Gasteiger partial charge in [-0.3, -0.25) is 9.59 Å². The number of carbonyl (C=O) groups is 2. The molecule has 0 heterocycles. The first kappa shape index (κ1) is 24.1. The zero-order valence-corrected chi connectivity index (χ0v) is 19.9. The van der Waals surface area contributed by atoms with Crippen LogP contribution < -0.4 is 10.6 Å². The molecule has 0 bridgehead atoms. The first-order valence-corrected chi connectivity index (χ1v) is 11.5. The molecule has 4 nitrogen and oxygen atoms in total. The quantitative estimate of drug-likeness (QED) is 0.286. The average Bonchev–Trinajstić information content (AvgIpc) is 2.74. The van der Waals surface area contributed by atoms with Crippen LogP contribution >= 0.6 is 31.9 Å². The summed E-state index contributed by atoms with van der Waals surface area (Å²) in [6.45, 7) is 1.32. The van der Waals surface area contributed by atoms with Crippen molar-refractivity contribution in [1.29, 1.82) is 0 Å². The predicted molar refractivity (Wildman–Crippen MR) is 131 cm³/mol. The highest BCUT2D eigenvalue weighted by atomic mass is 79.9. The van der Waals surface area contributed by atoms with E-state index in [0.29, 0.717) is 13.1 Å². The molecule has 0 aromatic heterocycles. The second-order valence-corrected chi connectivity index (χ2v) is 8.60. The highest BCUT2D eigenvalue weighted by Crippen LogP contribution is 2.12. The van der Waals surface area contributed by atoms with Crippen LogP contribution in [0.4, 0.5) is 0 Å². The lowest BCUT2D eigenvalue weighted by atomic mass is 10.2. The number of rotatable bonds is 11. The molecule has 6 heteroatoms. The molecule has 0 atom stereocenters. The van der Waals surface area contributed by atoms with Crippen LogP contribution in [0, 0.1) is 0 Å². The van der Waals surface area contributed by atoms with Gasteiger partial charge in [-0.15, -0.1) is 0 Å². The first-order valence-electron chi connectivity index (χ1n) is 9.96. The van der Waals surface area contributed by atoms with E-state index in [0.717, 1.165) is 45.8 Å². The van der Waals surface area contributed by atoms with Crippen LogP contribution in [-0.4, -0.2) is 24.9 Å². The fourth-order valence-corrected chi connectivity index (χ4v) is 3.16. The maximum absolute atomic E-state index is 11.8. The summed E-state index contributed by atoms with van der Waals surface area (Å²) in [4.78, 5) is 23.6. The highest BCUT2D eigenvalue weighted by Gasteiger charge is 1.98. The molecule has 2 aromatic carbocycles. The third-order valence-electron chi connectivity index (χ3n) is 4.30. The van der Waals surface area contributed by atoms with Gasteiger partial charge in [0.25, 0.3) is 0 Å². The number of hydrogen-bond acceptors (Lipinski definition) is 2. The summed E-state index contributed by atoms with van der Waals surface area (Å²) in [7, 11) is 0. The van der Waals surface area contributed by atoms with Crippen molar-refractivity contribution in [2.75, 3.05) is 13.1 Å². The molecule has 0 spiro atoms. The number of amides is 2. The van der Waals surface area contributed by atoms with Crippen molar-refractivity contribution in [2.24, 2.45) is 0 Å². The van der Waals surface area contributed by atoms with E-state index >= 15 is 0 Å². The van der Waals surface area contributed by atoms with Gasteiger partial charge in [-0.2, -0.15) is 0 Å². The summed E-state index contributed by atoms with van der Waals surface area (Å²) in [6.07, 6.45) is 10.6. The molecule has 0 unspecified atom stereocenters. The van der Waals surface area contributed by atoms with E-state index in [1.54, 1.807) is 24.3 Å². The molecule has 30 heavy (non-hydrogen) atoms. The summed E-state index contributed by atoms with van der Waals surface area (Å²) < 4.78 is 2.03. The van der Waals surface area contributed by atoms with Gasteiger partial charge in [0.2, 0.25) is 11.8 Å². The van der Waals surface area contributed by atoms with Crippen molar-refractivity contribution in [3.05, 3.63) is 80.8 Å².